The van der Waals surface area contributed by atoms with Crippen LogP contribution in [0.1, 0.15) is 56.1 Å². The predicted molar refractivity (Wildman–Crippen MR) is 90.7 cm³/mol. The van der Waals surface area contributed by atoms with Crippen molar-refractivity contribution in [2.24, 2.45) is 0 Å². The second kappa shape index (κ2) is 7.02. The zero-order valence-electron chi connectivity index (χ0n) is 14.5. The van der Waals surface area contributed by atoms with Gasteiger partial charge in [0, 0.05) is 18.8 Å². The maximum atomic E-state index is 12.4. The second-order valence-corrected chi connectivity index (χ2v) is 6.65. The summed E-state index contributed by atoms with van der Waals surface area (Å²) < 4.78 is 1.71. The Labute approximate surface area is 141 Å². The van der Waals surface area contributed by atoms with Gasteiger partial charge in [-0.25, -0.2) is 9.48 Å². The molecule has 8 heteroatoms. The summed E-state index contributed by atoms with van der Waals surface area (Å²) in [6.45, 7) is 4.50. The Kier molecular flexibility index (Phi) is 4.82. The molecule has 0 atom stereocenters. The molecule has 0 saturated heterocycles. The molecular formula is C16H25N7O. The summed E-state index contributed by atoms with van der Waals surface area (Å²) in [5.74, 6) is 0.460. The van der Waals surface area contributed by atoms with E-state index in [2.05, 4.69) is 25.8 Å². The van der Waals surface area contributed by atoms with Crippen LogP contribution in [-0.4, -0.2) is 43.2 Å². The van der Waals surface area contributed by atoms with Crippen molar-refractivity contribution in [3.8, 4) is 0 Å². The largest absolute Gasteiger partial charge is 0.323 e. The minimum atomic E-state index is -0.212. The maximum absolute atomic E-state index is 12.4. The van der Waals surface area contributed by atoms with E-state index in [1.165, 1.54) is 30.5 Å². The Morgan fingerprint density at radius 2 is 2.17 bits per heavy atom. The van der Waals surface area contributed by atoms with Crippen LogP contribution >= 0.6 is 0 Å². The standard InChI is InChI=1S/C16H25N7O/c1-11(2)23-10-15(20-21-23)17-16(24)22(3)9-14-12-7-5-4-6-8-13(12)18-19-14/h10-11H,4-9H2,1-3H3,(H,17,24)(H,18,19). The van der Waals surface area contributed by atoms with E-state index < -0.39 is 0 Å². The fraction of sp³-hybridized carbons (Fsp3) is 0.625. The van der Waals surface area contributed by atoms with Crippen molar-refractivity contribution < 1.29 is 4.79 Å². The molecule has 2 aromatic rings. The Morgan fingerprint density at radius 3 is 2.92 bits per heavy atom. The molecule has 0 aliphatic heterocycles. The van der Waals surface area contributed by atoms with Crippen LogP contribution in [0.15, 0.2) is 6.20 Å². The highest BCUT2D eigenvalue weighted by Gasteiger charge is 2.19. The molecule has 0 bridgehead atoms. The SMILES string of the molecule is CC(C)n1cc(NC(=O)N(C)Cc2n[nH]c3c2CCCCC3)nn1. The van der Waals surface area contributed by atoms with Crippen molar-refractivity contribution in [3.05, 3.63) is 23.1 Å². The Bertz CT molecular complexity index is 703. The van der Waals surface area contributed by atoms with Crippen molar-refractivity contribution in [1.82, 2.24) is 30.1 Å². The van der Waals surface area contributed by atoms with Crippen LogP contribution < -0.4 is 5.32 Å². The number of fused-ring (bicyclic) bond motifs is 1. The first-order valence-electron chi connectivity index (χ1n) is 8.53. The molecule has 2 N–H and O–H groups in total. The third-order valence-electron chi connectivity index (χ3n) is 4.40. The van der Waals surface area contributed by atoms with Gasteiger partial charge in [-0.2, -0.15) is 5.10 Å². The van der Waals surface area contributed by atoms with Crippen LogP contribution in [0.2, 0.25) is 0 Å². The second-order valence-electron chi connectivity index (χ2n) is 6.65. The highest BCUT2D eigenvalue weighted by atomic mass is 16.2. The molecule has 0 saturated carbocycles. The first-order valence-corrected chi connectivity index (χ1v) is 8.53. The number of aromatic amines is 1. The number of nitrogens with one attached hydrogen (secondary N) is 2. The lowest BCUT2D eigenvalue weighted by molar-refractivity contribution is 0.220. The normalized spacial score (nSPS) is 14.3. The number of amides is 2. The minimum absolute atomic E-state index is 0.209. The number of nitrogens with zero attached hydrogens (tertiary/aromatic N) is 5. The van der Waals surface area contributed by atoms with Crippen LogP contribution in [0.4, 0.5) is 10.6 Å². The summed E-state index contributed by atoms with van der Waals surface area (Å²) in [5, 5.41) is 18.3. The average molecular weight is 331 g/mol. The fourth-order valence-electron chi connectivity index (χ4n) is 2.94. The van der Waals surface area contributed by atoms with E-state index in [4.69, 9.17) is 0 Å². The number of urea groups is 1. The highest BCUT2D eigenvalue weighted by Crippen LogP contribution is 2.22. The van der Waals surface area contributed by atoms with Gasteiger partial charge in [-0.05, 0) is 45.1 Å². The first kappa shape index (κ1) is 16.5. The van der Waals surface area contributed by atoms with Gasteiger partial charge in [-0.15, -0.1) is 5.10 Å². The van der Waals surface area contributed by atoms with Gasteiger partial charge in [-0.3, -0.25) is 10.4 Å². The van der Waals surface area contributed by atoms with E-state index in [0.29, 0.717) is 12.4 Å². The van der Waals surface area contributed by atoms with Crippen LogP contribution in [-0.2, 0) is 19.4 Å². The number of anilines is 1. The summed E-state index contributed by atoms with van der Waals surface area (Å²) in [4.78, 5) is 14.0. The topological polar surface area (TPSA) is 91.7 Å². The van der Waals surface area contributed by atoms with E-state index >= 15 is 0 Å². The van der Waals surface area contributed by atoms with Crippen LogP contribution in [0.3, 0.4) is 0 Å². The first-order chi connectivity index (χ1) is 11.5. The molecule has 0 spiro atoms. The molecular weight excluding hydrogens is 306 g/mol. The van der Waals surface area contributed by atoms with Gasteiger partial charge < -0.3 is 4.90 Å². The van der Waals surface area contributed by atoms with Crippen molar-refractivity contribution in [3.63, 3.8) is 0 Å². The number of aryl methyl sites for hydroxylation is 1. The lowest BCUT2D eigenvalue weighted by Crippen LogP contribution is -2.31. The number of carbonyl (C=O) groups is 1. The Morgan fingerprint density at radius 1 is 1.38 bits per heavy atom. The lowest BCUT2D eigenvalue weighted by atomic mass is 10.1. The van der Waals surface area contributed by atoms with Gasteiger partial charge >= 0.3 is 6.03 Å². The zero-order valence-corrected chi connectivity index (χ0v) is 14.5. The summed E-state index contributed by atoms with van der Waals surface area (Å²) in [6, 6.07) is -0.00317. The number of H-pyrrole nitrogens is 1. The molecule has 2 amide bonds. The molecule has 130 valence electrons. The van der Waals surface area contributed by atoms with E-state index in [1.54, 1.807) is 22.8 Å². The van der Waals surface area contributed by atoms with Crippen molar-refractivity contribution in [2.45, 2.75) is 58.5 Å². The monoisotopic (exact) mass is 331 g/mol. The fourth-order valence-corrected chi connectivity index (χ4v) is 2.94. The molecule has 0 radical (unpaired) electrons. The van der Waals surface area contributed by atoms with Crippen molar-refractivity contribution in [1.29, 1.82) is 0 Å². The molecule has 1 aliphatic carbocycles. The van der Waals surface area contributed by atoms with Gasteiger partial charge in [0.25, 0.3) is 0 Å². The third kappa shape index (κ3) is 3.58. The number of aromatic nitrogens is 5. The van der Waals surface area contributed by atoms with E-state index in [0.717, 1.165) is 18.5 Å². The van der Waals surface area contributed by atoms with Crippen molar-refractivity contribution in [2.75, 3.05) is 12.4 Å². The third-order valence-corrected chi connectivity index (χ3v) is 4.40. The molecule has 2 heterocycles. The predicted octanol–water partition coefficient (Wildman–Crippen LogP) is 2.51. The summed E-state index contributed by atoms with van der Waals surface area (Å²) in [7, 11) is 1.76. The number of hydrogen-bond acceptors (Lipinski definition) is 4. The van der Waals surface area contributed by atoms with Gasteiger partial charge in [-0.1, -0.05) is 11.6 Å². The molecule has 1 aliphatic rings. The smallest absolute Gasteiger partial charge is 0.322 e. The molecule has 0 aromatic carbocycles. The number of carbonyl (C=O) groups excluding carboxylic acids is 1. The van der Waals surface area contributed by atoms with Gasteiger partial charge in [0.15, 0.2) is 5.82 Å². The van der Waals surface area contributed by atoms with Gasteiger partial charge in [0.2, 0.25) is 0 Å². The molecule has 2 aromatic heterocycles. The average Bonchev–Trinajstić information content (AvgIpc) is 3.08. The quantitative estimate of drug-likeness (QED) is 0.842. The molecule has 24 heavy (non-hydrogen) atoms. The summed E-state index contributed by atoms with van der Waals surface area (Å²) >= 11 is 0. The van der Waals surface area contributed by atoms with Gasteiger partial charge in [0.1, 0.15) is 0 Å². The van der Waals surface area contributed by atoms with Crippen LogP contribution in [0.5, 0.6) is 0 Å². The lowest BCUT2D eigenvalue weighted by Gasteiger charge is -2.16. The maximum Gasteiger partial charge on any atom is 0.323 e. The van der Waals surface area contributed by atoms with Crippen LogP contribution in [0.25, 0.3) is 0 Å². The molecule has 3 rings (SSSR count). The highest BCUT2D eigenvalue weighted by molar-refractivity contribution is 5.87. The summed E-state index contributed by atoms with van der Waals surface area (Å²) in [5.41, 5.74) is 3.49. The molecule has 0 fully saturated rings. The number of rotatable bonds is 4. The van der Waals surface area contributed by atoms with Crippen LogP contribution in [0, 0.1) is 0 Å². The van der Waals surface area contributed by atoms with E-state index in [-0.39, 0.29) is 12.1 Å². The van der Waals surface area contributed by atoms with Gasteiger partial charge in [0.05, 0.1) is 18.4 Å². The van der Waals surface area contributed by atoms with E-state index in [9.17, 15) is 4.79 Å². The molecule has 8 nitrogen and oxygen atoms in total. The Hall–Kier alpha value is -2.38. The Balaban J connectivity index is 1.63. The molecule has 0 unspecified atom stereocenters. The number of hydrogen-bond donors (Lipinski definition) is 2. The van der Waals surface area contributed by atoms with E-state index in [1.807, 2.05) is 13.8 Å². The zero-order chi connectivity index (χ0) is 17.1. The summed E-state index contributed by atoms with van der Waals surface area (Å²) in [6.07, 6.45) is 7.47. The minimum Gasteiger partial charge on any atom is -0.322 e. The van der Waals surface area contributed by atoms with Crippen molar-refractivity contribution >= 4 is 11.8 Å².